The second-order valence-electron chi connectivity index (χ2n) is 4.67. The van der Waals surface area contributed by atoms with Crippen molar-refractivity contribution in [2.45, 2.75) is 24.7 Å². The summed E-state index contributed by atoms with van der Waals surface area (Å²) in [5.74, 6) is 0.594. The molecule has 0 bridgehead atoms. The largest absolute Gasteiger partial charge is 0.400 e. The number of aliphatic hydroxyl groups is 2. The highest BCUT2D eigenvalue weighted by atomic mass is 35.5. The number of hydrogen-bond acceptors (Lipinski definition) is 7. The van der Waals surface area contributed by atoms with Crippen LogP contribution in [0.5, 0.6) is 0 Å². The van der Waals surface area contributed by atoms with Gasteiger partial charge in [0.1, 0.15) is 23.7 Å². The van der Waals surface area contributed by atoms with Crippen molar-refractivity contribution < 1.29 is 14.9 Å². The van der Waals surface area contributed by atoms with Gasteiger partial charge >= 0.3 is 0 Å². The zero-order chi connectivity index (χ0) is 15.5. The molecule has 116 valence electrons. The van der Waals surface area contributed by atoms with Crippen LogP contribution in [-0.2, 0) is 4.74 Å². The number of nitrogens with zero attached hydrogens (tertiary/aromatic N) is 4. The number of imidazole rings is 1. The number of rotatable bonds is 3. The predicted octanol–water partition coefficient (Wildman–Crippen LogP) is 0.296. The lowest BCUT2D eigenvalue weighted by molar-refractivity contribution is -0.0832. The number of halogens is 1. The Morgan fingerprint density at radius 1 is 1.48 bits per heavy atom. The van der Waals surface area contributed by atoms with Gasteiger partial charge < -0.3 is 20.7 Å². The Bertz CT molecular complexity index is 602. The van der Waals surface area contributed by atoms with Gasteiger partial charge in [0.25, 0.3) is 0 Å². The Labute approximate surface area is 126 Å². The van der Waals surface area contributed by atoms with Crippen LogP contribution >= 0.6 is 11.6 Å². The second kappa shape index (κ2) is 6.52. The number of anilines is 1. The number of fused-ring (bicyclic) bond motifs is 1. The molecule has 9 heteroatoms. The van der Waals surface area contributed by atoms with E-state index in [2.05, 4.69) is 15.0 Å². The van der Waals surface area contributed by atoms with E-state index in [0.29, 0.717) is 23.4 Å². The smallest absolute Gasteiger partial charge is 0.167 e. The molecule has 1 aliphatic rings. The van der Waals surface area contributed by atoms with Gasteiger partial charge in [-0.1, -0.05) is 0 Å². The molecule has 0 unspecified atom stereocenters. The van der Waals surface area contributed by atoms with Crippen LogP contribution in [-0.4, -0.2) is 54.9 Å². The lowest BCUT2D eigenvalue weighted by Crippen LogP contribution is -2.35. The van der Waals surface area contributed by atoms with Gasteiger partial charge in [-0.05, 0) is 12.8 Å². The zero-order valence-corrected chi connectivity index (χ0v) is 12.4. The van der Waals surface area contributed by atoms with Crippen molar-refractivity contribution >= 4 is 28.6 Å². The Morgan fingerprint density at radius 2 is 2.24 bits per heavy atom. The first kappa shape index (κ1) is 15.9. The average Bonchev–Trinajstić information content (AvgIpc) is 3.14. The monoisotopic (exact) mass is 315 g/mol. The molecule has 0 saturated carbocycles. The molecule has 0 aromatic carbocycles. The molecule has 0 spiro atoms. The summed E-state index contributed by atoms with van der Waals surface area (Å²) in [4.78, 5) is 12.3. The van der Waals surface area contributed by atoms with Crippen molar-refractivity contribution in [2.75, 3.05) is 25.3 Å². The molecule has 8 nitrogen and oxygen atoms in total. The minimum Gasteiger partial charge on any atom is -0.400 e. The first-order valence-corrected chi connectivity index (χ1v) is 6.95. The lowest BCUT2D eigenvalue weighted by Gasteiger charge is -2.24. The first-order valence-electron chi connectivity index (χ1n) is 6.41. The SMILES string of the molecule is CO.Nc1ncnc2c1ncn2[C@H]1CC[C@](CO)(CCl)O1. The van der Waals surface area contributed by atoms with E-state index in [0.717, 1.165) is 13.5 Å². The molecule has 0 amide bonds. The van der Waals surface area contributed by atoms with Crippen LogP contribution in [0, 0.1) is 0 Å². The third kappa shape index (κ3) is 2.80. The number of hydrogen-bond donors (Lipinski definition) is 3. The van der Waals surface area contributed by atoms with Gasteiger partial charge in [-0.15, -0.1) is 11.6 Å². The summed E-state index contributed by atoms with van der Waals surface area (Å²) in [6.45, 7) is -0.100. The fraction of sp³-hybridized carbons (Fsp3) is 0.583. The summed E-state index contributed by atoms with van der Waals surface area (Å²) < 4.78 is 7.68. The van der Waals surface area contributed by atoms with Gasteiger partial charge in [-0.2, -0.15) is 0 Å². The fourth-order valence-electron chi connectivity index (χ4n) is 2.33. The van der Waals surface area contributed by atoms with E-state index < -0.39 is 5.60 Å². The van der Waals surface area contributed by atoms with Crippen molar-refractivity contribution in [3.8, 4) is 0 Å². The summed E-state index contributed by atoms with van der Waals surface area (Å²) in [5, 5.41) is 16.4. The fourth-order valence-corrected chi connectivity index (χ4v) is 2.61. The van der Waals surface area contributed by atoms with Gasteiger partial charge in [0, 0.05) is 7.11 Å². The highest BCUT2D eigenvalue weighted by molar-refractivity contribution is 6.18. The minimum atomic E-state index is -0.679. The summed E-state index contributed by atoms with van der Waals surface area (Å²) in [7, 11) is 1.00. The predicted molar refractivity (Wildman–Crippen MR) is 77.8 cm³/mol. The first-order chi connectivity index (χ1) is 10.2. The topological polar surface area (TPSA) is 119 Å². The number of aliphatic hydroxyl groups excluding tert-OH is 2. The normalized spacial score (nSPS) is 24.9. The second-order valence-corrected chi connectivity index (χ2v) is 4.94. The maximum atomic E-state index is 9.41. The number of alkyl halides is 1. The van der Waals surface area contributed by atoms with Crippen molar-refractivity contribution in [1.29, 1.82) is 0 Å². The number of ether oxygens (including phenoxy) is 1. The van der Waals surface area contributed by atoms with E-state index in [1.54, 1.807) is 10.9 Å². The Kier molecular flexibility index (Phi) is 4.94. The maximum Gasteiger partial charge on any atom is 0.167 e. The van der Waals surface area contributed by atoms with Crippen molar-refractivity contribution in [1.82, 2.24) is 19.5 Å². The Hall–Kier alpha value is -1.48. The molecule has 1 saturated heterocycles. The summed E-state index contributed by atoms with van der Waals surface area (Å²) in [6.07, 6.45) is 4.21. The van der Waals surface area contributed by atoms with Gasteiger partial charge in [0.05, 0.1) is 18.8 Å². The van der Waals surface area contributed by atoms with E-state index in [1.165, 1.54) is 6.33 Å². The van der Waals surface area contributed by atoms with Crippen LogP contribution in [0.2, 0.25) is 0 Å². The molecule has 1 fully saturated rings. The van der Waals surface area contributed by atoms with E-state index in [4.69, 9.17) is 27.2 Å². The molecule has 0 radical (unpaired) electrons. The quantitative estimate of drug-likeness (QED) is 0.697. The maximum absolute atomic E-state index is 9.41. The summed E-state index contributed by atoms with van der Waals surface area (Å²) in [6, 6.07) is 0. The average molecular weight is 316 g/mol. The standard InChI is InChI=1S/C11H14ClN5O2.CH4O/c12-3-11(4-18)2-1-7(19-11)17-6-16-8-9(13)14-5-15-10(8)17;1-2/h5-7,18H,1-4H2,(H2,13,14,15);2H,1H3/t7-,11-;/m1./s1. The Balaban J connectivity index is 0.000000774. The van der Waals surface area contributed by atoms with E-state index in [1.807, 2.05) is 0 Å². The molecule has 1 aliphatic heterocycles. The third-order valence-electron chi connectivity index (χ3n) is 3.46. The van der Waals surface area contributed by atoms with Gasteiger partial charge in [-0.25, -0.2) is 15.0 Å². The van der Waals surface area contributed by atoms with Crippen LogP contribution in [0.15, 0.2) is 12.7 Å². The van der Waals surface area contributed by atoms with Crippen LogP contribution < -0.4 is 5.73 Å². The summed E-state index contributed by atoms with van der Waals surface area (Å²) in [5.41, 5.74) is 6.25. The van der Waals surface area contributed by atoms with Crippen LogP contribution in [0.1, 0.15) is 19.1 Å². The van der Waals surface area contributed by atoms with Gasteiger partial charge in [-0.3, -0.25) is 4.57 Å². The molecular weight excluding hydrogens is 298 g/mol. The zero-order valence-electron chi connectivity index (χ0n) is 11.6. The van der Waals surface area contributed by atoms with Crippen molar-refractivity contribution in [3.63, 3.8) is 0 Å². The van der Waals surface area contributed by atoms with Crippen LogP contribution in [0.25, 0.3) is 11.2 Å². The molecular formula is C12H18ClN5O3. The van der Waals surface area contributed by atoms with Crippen molar-refractivity contribution in [2.24, 2.45) is 0 Å². The van der Waals surface area contributed by atoms with E-state index in [-0.39, 0.29) is 18.7 Å². The highest BCUT2D eigenvalue weighted by Crippen LogP contribution is 2.38. The molecule has 3 heterocycles. The van der Waals surface area contributed by atoms with E-state index >= 15 is 0 Å². The molecule has 2 atom stereocenters. The number of nitrogens with two attached hydrogens (primary N) is 1. The van der Waals surface area contributed by atoms with Gasteiger partial charge in [0.2, 0.25) is 0 Å². The molecule has 21 heavy (non-hydrogen) atoms. The molecule has 0 aliphatic carbocycles. The van der Waals surface area contributed by atoms with Crippen LogP contribution in [0.4, 0.5) is 5.82 Å². The molecule has 2 aromatic rings. The molecule has 4 N–H and O–H groups in total. The third-order valence-corrected chi connectivity index (χ3v) is 3.95. The van der Waals surface area contributed by atoms with Crippen LogP contribution in [0.3, 0.4) is 0 Å². The number of nitrogen functional groups attached to an aromatic ring is 1. The molecule has 2 aromatic heterocycles. The van der Waals surface area contributed by atoms with E-state index in [9.17, 15) is 5.11 Å². The Morgan fingerprint density at radius 3 is 2.86 bits per heavy atom. The highest BCUT2D eigenvalue weighted by Gasteiger charge is 2.40. The number of aromatic nitrogens is 4. The van der Waals surface area contributed by atoms with Gasteiger partial charge in [0.15, 0.2) is 11.5 Å². The lowest BCUT2D eigenvalue weighted by atomic mass is 10.0. The van der Waals surface area contributed by atoms with Crippen molar-refractivity contribution in [3.05, 3.63) is 12.7 Å². The summed E-state index contributed by atoms with van der Waals surface area (Å²) >= 11 is 5.88. The molecule has 3 rings (SSSR count). The minimum absolute atomic E-state index is 0.100.